The summed E-state index contributed by atoms with van der Waals surface area (Å²) < 4.78 is 26.7. The highest BCUT2D eigenvalue weighted by molar-refractivity contribution is 7.89. The van der Waals surface area contributed by atoms with Crippen molar-refractivity contribution in [2.75, 3.05) is 19.6 Å². The molecule has 1 aromatic heterocycles. The quantitative estimate of drug-likeness (QED) is 0.832. The number of nitrogens with two attached hydrogens (primary N) is 1. The van der Waals surface area contributed by atoms with Gasteiger partial charge in [-0.3, -0.25) is 5.10 Å². The minimum absolute atomic E-state index is 0.265. The SMILES string of the molecule is Cc1n[nH]c(C)c1S(=O)(=O)N1CCCC(CN)C1. The van der Waals surface area contributed by atoms with Crippen LogP contribution in [0, 0.1) is 19.8 Å². The second kappa shape index (κ2) is 4.99. The number of piperidine rings is 1. The summed E-state index contributed by atoms with van der Waals surface area (Å²) >= 11 is 0. The molecule has 0 saturated carbocycles. The van der Waals surface area contributed by atoms with Crippen molar-refractivity contribution < 1.29 is 8.42 Å². The molecule has 3 N–H and O–H groups in total. The minimum Gasteiger partial charge on any atom is -0.330 e. The third-order valence-corrected chi connectivity index (χ3v) is 5.60. The second-order valence-corrected chi connectivity index (χ2v) is 6.74. The Morgan fingerprint density at radius 2 is 2.22 bits per heavy atom. The van der Waals surface area contributed by atoms with E-state index in [0.29, 0.717) is 35.9 Å². The van der Waals surface area contributed by atoms with E-state index in [1.807, 2.05) is 0 Å². The van der Waals surface area contributed by atoms with Gasteiger partial charge in [-0.2, -0.15) is 9.40 Å². The molecule has 0 bridgehead atoms. The molecular formula is C11H20N4O2S. The predicted molar refractivity (Wildman–Crippen MR) is 68.6 cm³/mol. The fourth-order valence-corrected chi connectivity index (χ4v) is 4.37. The van der Waals surface area contributed by atoms with Crippen LogP contribution in [0.1, 0.15) is 24.2 Å². The van der Waals surface area contributed by atoms with Gasteiger partial charge in [-0.25, -0.2) is 8.42 Å². The standard InChI is InChI=1S/C11H20N4O2S/c1-8-11(9(2)14-13-8)18(16,17)15-5-3-4-10(6-12)7-15/h10H,3-7,12H2,1-2H3,(H,13,14). The van der Waals surface area contributed by atoms with E-state index in [1.165, 1.54) is 0 Å². The molecule has 0 aliphatic carbocycles. The lowest BCUT2D eigenvalue weighted by Crippen LogP contribution is -2.42. The maximum atomic E-state index is 12.6. The van der Waals surface area contributed by atoms with Crippen LogP contribution in [0.3, 0.4) is 0 Å². The topological polar surface area (TPSA) is 92.1 Å². The highest BCUT2D eigenvalue weighted by Gasteiger charge is 2.32. The summed E-state index contributed by atoms with van der Waals surface area (Å²) in [6, 6.07) is 0. The Balaban J connectivity index is 2.31. The van der Waals surface area contributed by atoms with Gasteiger partial charge in [0.2, 0.25) is 10.0 Å². The highest BCUT2D eigenvalue weighted by Crippen LogP contribution is 2.26. The van der Waals surface area contributed by atoms with Crippen LogP contribution in [0.25, 0.3) is 0 Å². The number of hydrogen-bond acceptors (Lipinski definition) is 4. The highest BCUT2D eigenvalue weighted by atomic mass is 32.2. The Morgan fingerprint density at radius 3 is 2.78 bits per heavy atom. The van der Waals surface area contributed by atoms with Crippen LogP contribution in [0.15, 0.2) is 4.90 Å². The molecular weight excluding hydrogens is 252 g/mol. The van der Waals surface area contributed by atoms with Gasteiger partial charge in [0.25, 0.3) is 0 Å². The van der Waals surface area contributed by atoms with Gasteiger partial charge < -0.3 is 5.73 Å². The fraction of sp³-hybridized carbons (Fsp3) is 0.727. The summed E-state index contributed by atoms with van der Waals surface area (Å²) in [7, 11) is -3.44. The number of aromatic amines is 1. The summed E-state index contributed by atoms with van der Waals surface area (Å²) in [4.78, 5) is 0.320. The molecule has 1 saturated heterocycles. The largest absolute Gasteiger partial charge is 0.330 e. The second-order valence-electron chi connectivity index (χ2n) is 4.87. The first kappa shape index (κ1) is 13.5. The van der Waals surface area contributed by atoms with Crippen molar-refractivity contribution in [1.29, 1.82) is 0 Å². The number of rotatable bonds is 3. The summed E-state index contributed by atoms with van der Waals surface area (Å²) in [5.41, 5.74) is 6.78. The van der Waals surface area contributed by atoms with Crippen LogP contribution in [0.2, 0.25) is 0 Å². The van der Waals surface area contributed by atoms with Gasteiger partial charge in [0.15, 0.2) is 0 Å². The average molecular weight is 272 g/mol. The Bertz CT molecular complexity index is 504. The molecule has 18 heavy (non-hydrogen) atoms. The molecule has 1 unspecified atom stereocenters. The van der Waals surface area contributed by atoms with Gasteiger partial charge in [-0.1, -0.05) is 0 Å². The summed E-state index contributed by atoms with van der Waals surface area (Å²) in [6.07, 6.45) is 1.88. The van der Waals surface area contributed by atoms with Crippen molar-refractivity contribution in [3.8, 4) is 0 Å². The molecule has 7 heteroatoms. The van der Waals surface area contributed by atoms with E-state index < -0.39 is 10.0 Å². The first-order chi connectivity index (χ1) is 8.46. The van der Waals surface area contributed by atoms with Crippen molar-refractivity contribution in [1.82, 2.24) is 14.5 Å². The monoisotopic (exact) mass is 272 g/mol. The third kappa shape index (κ3) is 2.30. The summed E-state index contributed by atoms with van der Waals surface area (Å²) in [5.74, 6) is 0.265. The average Bonchev–Trinajstić information content (AvgIpc) is 2.69. The smallest absolute Gasteiger partial charge is 0.246 e. The van der Waals surface area contributed by atoms with Crippen LogP contribution in [-0.2, 0) is 10.0 Å². The lowest BCUT2D eigenvalue weighted by Gasteiger charge is -2.31. The lowest BCUT2D eigenvalue weighted by molar-refractivity contribution is 0.271. The van der Waals surface area contributed by atoms with Crippen LogP contribution < -0.4 is 5.73 Å². The first-order valence-corrected chi connectivity index (χ1v) is 7.62. The number of H-pyrrole nitrogens is 1. The van der Waals surface area contributed by atoms with Crippen molar-refractivity contribution in [2.45, 2.75) is 31.6 Å². The van der Waals surface area contributed by atoms with Crippen molar-refractivity contribution in [2.24, 2.45) is 11.7 Å². The number of sulfonamides is 1. The van der Waals surface area contributed by atoms with E-state index in [9.17, 15) is 8.42 Å². The molecule has 1 aromatic rings. The Kier molecular flexibility index (Phi) is 3.74. The molecule has 1 fully saturated rings. The Morgan fingerprint density at radius 1 is 1.50 bits per heavy atom. The van der Waals surface area contributed by atoms with Gasteiger partial charge in [0, 0.05) is 13.1 Å². The van der Waals surface area contributed by atoms with E-state index in [-0.39, 0.29) is 5.92 Å². The van der Waals surface area contributed by atoms with E-state index in [4.69, 9.17) is 5.73 Å². The van der Waals surface area contributed by atoms with E-state index in [0.717, 1.165) is 12.8 Å². The lowest BCUT2D eigenvalue weighted by atomic mass is 10.0. The van der Waals surface area contributed by atoms with Crippen molar-refractivity contribution in [3.05, 3.63) is 11.4 Å². The minimum atomic E-state index is -3.44. The van der Waals surface area contributed by atoms with Gasteiger partial charge in [-0.15, -0.1) is 0 Å². The van der Waals surface area contributed by atoms with Crippen molar-refractivity contribution in [3.63, 3.8) is 0 Å². The number of nitrogens with one attached hydrogen (secondary N) is 1. The normalized spacial score (nSPS) is 22.3. The van der Waals surface area contributed by atoms with Crippen molar-refractivity contribution >= 4 is 10.0 Å². The Labute approximate surface area is 108 Å². The fourth-order valence-electron chi connectivity index (χ4n) is 2.49. The Hall–Kier alpha value is -0.920. The molecule has 0 aromatic carbocycles. The molecule has 1 aliphatic heterocycles. The summed E-state index contributed by atoms with van der Waals surface area (Å²) in [6.45, 7) is 5.07. The zero-order valence-electron chi connectivity index (χ0n) is 10.8. The molecule has 2 heterocycles. The molecule has 6 nitrogen and oxygen atoms in total. The molecule has 1 aliphatic rings. The van der Waals surface area contributed by atoms with Crippen LogP contribution in [0.4, 0.5) is 0 Å². The van der Waals surface area contributed by atoms with Gasteiger partial charge >= 0.3 is 0 Å². The molecule has 1 atom stereocenters. The van der Waals surface area contributed by atoms with Crippen LogP contribution >= 0.6 is 0 Å². The van der Waals surface area contributed by atoms with E-state index in [1.54, 1.807) is 18.2 Å². The number of aryl methyl sites for hydroxylation is 2. The maximum absolute atomic E-state index is 12.6. The zero-order chi connectivity index (χ0) is 13.3. The summed E-state index contributed by atoms with van der Waals surface area (Å²) in [5, 5.41) is 6.69. The first-order valence-electron chi connectivity index (χ1n) is 6.18. The number of aromatic nitrogens is 2. The van der Waals surface area contributed by atoms with Crippen LogP contribution in [-0.4, -0.2) is 42.6 Å². The van der Waals surface area contributed by atoms with E-state index >= 15 is 0 Å². The molecule has 0 amide bonds. The molecule has 0 spiro atoms. The molecule has 0 radical (unpaired) electrons. The number of nitrogens with zero attached hydrogens (tertiary/aromatic N) is 2. The molecule has 2 rings (SSSR count). The van der Waals surface area contributed by atoms with Gasteiger partial charge in [0.05, 0.1) is 11.4 Å². The van der Waals surface area contributed by atoms with Crippen LogP contribution in [0.5, 0.6) is 0 Å². The number of hydrogen-bond donors (Lipinski definition) is 2. The third-order valence-electron chi connectivity index (χ3n) is 3.47. The zero-order valence-corrected chi connectivity index (χ0v) is 11.6. The van der Waals surface area contributed by atoms with Gasteiger partial charge in [-0.05, 0) is 39.2 Å². The van der Waals surface area contributed by atoms with Gasteiger partial charge in [0.1, 0.15) is 4.90 Å². The van der Waals surface area contributed by atoms with E-state index in [2.05, 4.69) is 10.2 Å². The molecule has 102 valence electrons. The maximum Gasteiger partial charge on any atom is 0.246 e. The predicted octanol–water partition coefficient (Wildman–Crippen LogP) is 0.386.